The molecule has 0 fully saturated rings. The highest BCUT2D eigenvalue weighted by Crippen LogP contribution is 2.33. The van der Waals surface area contributed by atoms with Crippen LogP contribution in [0.1, 0.15) is 17.5 Å². The Kier molecular flexibility index (Phi) is 5.62. The Balaban J connectivity index is 2.85. The van der Waals surface area contributed by atoms with Crippen molar-refractivity contribution in [1.29, 1.82) is 0 Å². The minimum absolute atomic E-state index is 0.0283. The molecule has 0 bridgehead atoms. The highest BCUT2D eigenvalue weighted by molar-refractivity contribution is 5.38. The predicted molar refractivity (Wildman–Crippen MR) is 65.9 cm³/mol. The summed E-state index contributed by atoms with van der Waals surface area (Å²) in [5.41, 5.74) is 5.41. The van der Waals surface area contributed by atoms with Gasteiger partial charge in [0.15, 0.2) is 0 Å². The number of ether oxygens (including phenoxy) is 1. The van der Waals surface area contributed by atoms with Crippen LogP contribution in [0.3, 0.4) is 0 Å². The van der Waals surface area contributed by atoms with Crippen molar-refractivity contribution < 1.29 is 23.0 Å². The van der Waals surface area contributed by atoms with Crippen molar-refractivity contribution in [3.05, 3.63) is 29.3 Å². The van der Waals surface area contributed by atoms with Gasteiger partial charge >= 0.3 is 6.18 Å². The van der Waals surface area contributed by atoms with Gasteiger partial charge in [0.1, 0.15) is 5.75 Å². The minimum atomic E-state index is -4.38. The molecule has 6 heteroatoms. The molecular formula is C13H18F3NO2. The predicted octanol–water partition coefficient (Wildman–Crippen LogP) is 2.21. The van der Waals surface area contributed by atoms with E-state index in [4.69, 9.17) is 15.6 Å². The van der Waals surface area contributed by atoms with Crippen LogP contribution in [0.2, 0.25) is 0 Å². The molecule has 1 rings (SSSR count). The zero-order chi connectivity index (χ0) is 14.5. The first kappa shape index (κ1) is 15.8. The number of nitrogens with two attached hydrogens (primary N) is 1. The topological polar surface area (TPSA) is 55.5 Å². The number of benzene rings is 1. The molecule has 1 aromatic carbocycles. The smallest absolute Gasteiger partial charge is 0.416 e. The summed E-state index contributed by atoms with van der Waals surface area (Å²) in [6.45, 7) is 0.318. The van der Waals surface area contributed by atoms with Crippen LogP contribution in [0.15, 0.2) is 18.2 Å². The Morgan fingerprint density at radius 1 is 1.37 bits per heavy atom. The molecule has 0 saturated carbocycles. The Morgan fingerprint density at radius 2 is 2.05 bits per heavy atom. The normalized spacial score (nSPS) is 13.4. The SMILES string of the molecule is COc1cc(C(F)(F)F)ccc1CCC(CN)CO. The Hall–Kier alpha value is -1.27. The Morgan fingerprint density at radius 3 is 2.53 bits per heavy atom. The molecule has 1 unspecified atom stereocenters. The first-order valence-corrected chi connectivity index (χ1v) is 5.97. The maximum absolute atomic E-state index is 12.6. The monoisotopic (exact) mass is 277 g/mol. The van der Waals surface area contributed by atoms with Gasteiger partial charge in [-0.25, -0.2) is 0 Å². The average molecular weight is 277 g/mol. The summed E-state index contributed by atoms with van der Waals surface area (Å²) in [7, 11) is 1.34. The van der Waals surface area contributed by atoms with E-state index in [1.807, 2.05) is 0 Å². The lowest BCUT2D eigenvalue weighted by molar-refractivity contribution is -0.137. The summed E-state index contributed by atoms with van der Waals surface area (Å²) >= 11 is 0. The van der Waals surface area contributed by atoms with Crippen molar-refractivity contribution in [2.24, 2.45) is 11.7 Å². The van der Waals surface area contributed by atoms with Crippen LogP contribution in [0.4, 0.5) is 13.2 Å². The zero-order valence-corrected chi connectivity index (χ0v) is 10.7. The maximum atomic E-state index is 12.6. The molecule has 0 saturated heterocycles. The van der Waals surface area contributed by atoms with Crippen LogP contribution in [-0.4, -0.2) is 25.4 Å². The molecule has 0 heterocycles. The van der Waals surface area contributed by atoms with Crippen LogP contribution in [0.5, 0.6) is 5.75 Å². The number of methoxy groups -OCH3 is 1. The molecule has 0 aromatic heterocycles. The molecule has 0 amide bonds. The van der Waals surface area contributed by atoms with Gasteiger partial charge in [0, 0.05) is 6.61 Å². The van der Waals surface area contributed by atoms with Crippen molar-refractivity contribution in [3.8, 4) is 5.75 Å². The summed E-state index contributed by atoms with van der Waals surface area (Å²) in [6, 6.07) is 3.44. The van der Waals surface area contributed by atoms with Gasteiger partial charge in [-0.1, -0.05) is 6.07 Å². The second-order valence-corrected chi connectivity index (χ2v) is 4.35. The lowest BCUT2D eigenvalue weighted by atomic mass is 9.98. The van der Waals surface area contributed by atoms with E-state index in [9.17, 15) is 13.2 Å². The number of alkyl halides is 3. The molecule has 0 aliphatic heterocycles. The maximum Gasteiger partial charge on any atom is 0.416 e. The zero-order valence-electron chi connectivity index (χ0n) is 10.7. The van der Waals surface area contributed by atoms with E-state index >= 15 is 0 Å². The van der Waals surface area contributed by atoms with Gasteiger partial charge in [0.05, 0.1) is 12.7 Å². The van der Waals surface area contributed by atoms with Crippen molar-refractivity contribution >= 4 is 0 Å². The second kappa shape index (κ2) is 6.77. The molecule has 1 atom stereocenters. The lowest BCUT2D eigenvalue weighted by Crippen LogP contribution is -2.18. The van der Waals surface area contributed by atoms with E-state index in [1.165, 1.54) is 13.2 Å². The van der Waals surface area contributed by atoms with Crippen molar-refractivity contribution in [2.75, 3.05) is 20.3 Å². The highest BCUT2D eigenvalue weighted by atomic mass is 19.4. The number of halogens is 3. The van der Waals surface area contributed by atoms with Gasteiger partial charge in [0.25, 0.3) is 0 Å². The molecule has 0 aliphatic carbocycles. The van der Waals surface area contributed by atoms with Crippen LogP contribution >= 0.6 is 0 Å². The fraction of sp³-hybridized carbons (Fsp3) is 0.538. The molecule has 19 heavy (non-hydrogen) atoms. The molecule has 3 N–H and O–H groups in total. The molecule has 3 nitrogen and oxygen atoms in total. The lowest BCUT2D eigenvalue weighted by Gasteiger charge is -2.15. The van der Waals surface area contributed by atoms with E-state index in [2.05, 4.69) is 0 Å². The summed E-state index contributed by atoms with van der Waals surface area (Å²) in [5.74, 6) is 0.163. The number of hydrogen-bond acceptors (Lipinski definition) is 3. The third-order valence-corrected chi connectivity index (χ3v) is 3.03. The molecule has 0 radical (unpaired) electrons. The van der Waals surface area contributed by atoms with Crippen LogP contribution in [0.25, 0.3) is 0 Å². The van der Waals surface area contributed by atoms with E-state index in [0.717, 1.165) is 12.1 Å². The number of rotatable bonds is 6. The first-order valence-electron chi connectivity index (χ1n) is 5.97. The van der Waals surface area contributed by atoms with Crippen LogP contribution < -0.4 is 10.5 Å². The van der Waals surface area contributed by atoms with Gasteiger partial charge in [-0.3, -0.25) is 0 Å². The summed E-state index contributed by atoms with van der Waals surface area (Å²) in [4.78, 5) is 0. The first-order chi connectivity index (χ1) is 8.92. The third kappa shape index (κ3) is 4.40. The standard InChI is InChI=1S/C13H18F3NO2/c1-19-12-6-11(13(14,15)16)5-4-10(12)3-2-9(7-17)8-18/h4-6,9,18H,2-3,7-8,17H2,1H3. The van der Waals surface area contributed by atoms with Gasteiger partial charge in [-0.15, -0.1) is 0 Å². The summed E-state index contributed by atoms with van der Waals surface area (Å²) in [5, 5.41) is 9.02. The molecular weight excluding hydrogens is 259 g/mol. The fourth-order valence-corrected chi connectivity index (χ4v) is 1.77. The number of aryl methyl sites for hydroxylation is 1. The highest BCUT2D eigenvalue weighted by Gasteiger charge is 2.31. The second-order valence-electron chi connectivity index (χ2n) is 4.35. The van der Waals surface area contributed by atoms with Gasteiger partial charge in [-0.2, -0.15) is 13.2 Å². The van der Waals surface area contributed by atoms with Crippen molar-refractivity contribution in [3.63, 3.8) is 0 Å². The van der Waals surface area contributed by atoms with E-state index in [0.29, 0.717) is 24.9 Å². The number of aliphatic hydroxyl groups excluding tert-OH is 1. The van der Waals surface area contributed by atoms with E-state index in [1.54, 1.807) is 0 Å². The van der Waals surface area contributed by atoms with Crippen molar-refractivity contribution in [1.82, 2.24) is 0 Å². The third-order valence-electron chi connectivity index (χ3n) is 3.03. The van der Waals surface area contributed by atoms with Crippen LogP contribution in [-0.2, 0) is 12.6 Å². The average Bonchev–Trinajstić information content (AvgIpc) is 2.38. The fourth-order valence-electron chi connectivity index (χ4n) is 1.77. The quantitative estimate of drug-likeness (QED) is 0.838. The molecule has 108 valence electrons. The minimum Gasteiger partial charge on any atom is -0.496 e. The summed E-state index contributed by atoms with van der Waals surface area (Å²) in [6.07, 6.45) is -3.25. The van der Waals surface area contributed by atoms with Crippen LogP contribution in [0, 0.1) is 5.92 Å². The number of aliphatic hydroxyl groups is 1. The van der Waals surface area contributed by atoms with E-state index in [-0.39, 0.29) is 18.3 Å². The van der Waals surface area contributed by atoms with Gasteiger partial charge < -0.3 is 15.6 Å². The van der Waals surface area contributed by atoms with Gasteiger partial charge in [-0.05, 0) is 43.0 Å². The molecule has 0 spiro atoms. The molecule has 1 aromatic rings. The molecule has 0 aliphatic rings. The van der Waals surface area contributed by atoms with Crippen molar-refractivity contribution in [2.45, 2.75) is 19.0 Å². The Bertz CT molecular complexity index is 403. The largest absolute Gasteiger partial charge is 0.496 e. The van der Waals surface area contributed by atoms with Gasteiger partial charge in [0.2, 0.25) is 0 Å². The van der Waals surface area contributed by atoms with E-state index < -0.39 is 11.7 Å². The summed E-state index contributed by atoms with van der Waals surface area (Å²) < 4.78 is 42.6. The number of hydrogen-bond donors (Lipinski definition) is 2. The Labute approximate surface area is 110 Å².